The van der Waals surface area contributed by atoms with Gasteiger partial charge >= 0.3 is 0 Å². The molecule has 0 aliphatic rings. The Morgan fingerprint density at radius 3 is 2.58 bits per heavy atom. The number of benzene rings is 1. The van der Waals surface area contributed by atoms with Crippen LogP contribution in [0.2, 0.25) is 0 Å². The van der Waals surface area contributed by atoms with Crippen molar-refractivity contribution in [3.05, 3.63) is 54.5 Å². The van der Waals surface area contributed by atoms with Crippen molar-refractivity contribution in [2.45, 2.75) is 26.2 Å². The highest BCUT2D eigenvalue weighted by atomic mass is 15.3. The monoisotopic (exact) mass is 251 g/mol. The Morgan fingerprint density at radius 1 is 1.05 bits per heavy atom. The maximum absolute atomic E-state index is 4.47. The molecule has 0 atom stereocenters. The molecule has 1 aromatic carbocycles. The third-order valence-electron chi connectivity index (χ3n) is 3.32. The van der Waals surface area contributed by atoms with Gasteiger partial charge in [0.1, 0.15) is 0 Å². The lowest BCUT2D eigenvalue weighted by atomic mass is 9.90. The van der Waals surface area contributed by atoms with Gasteiger partial charge in [0.25, 0.3) is 0 Å². The van der Waals surface area contributed by atoms with Crippen molar-refractivity contribution in [3.8, 4) is 5.82 Å². The number of hydrogen-bond donors (Lipinski definition) is 0. The maximum Gasteiger partial charge on any atom is 0.161 e. The van der Waals surface area contributed by atoms with Gasteiger partial charge in [0.15, 0.2) is 5.82 Å². The van der Waals surface area contributed by atoms with Crippen LogP contribution in [0.25, 0.3) is 16.6 Å². The predicted octanol–water partition coefficient (Wildman–Crippen LogP) is 3.72. The van der Waals surface area contributed by atoms with Crippen LogP contribution in [0.1, 0.15) is 26.3 Å². The number of aromatic nitrogens is 3. The molecule has 0 bridgehead atoms. The summed E-state index contributed by atoms with van der Waals surface area (Å²) < 4.78 is 1.86. The lowest BCUT2D eigenvalue weighted by molar-refractivity contribution is 0.590. The van der Waals surface area contributed by atoms with Crippen LogP contribution in [0.3, 0.4) is 0 Å². The largest absolute Gasteiger partial charge is 0.237 e. The number of nitrogens with zero attached hydrogens (tertiary/aromatic N) is 3. The van der Waals surface area contributed by atoms with E-state index in [4.69, 9.17) is 0 Å². The lowest BCUT2D eigenvalue weighted by Crippen LogP contribution is -2.09. The fraction of sp³-hybridized carbons (Fsp3) is 0.250. The molecule has 3 heteroatoms. The van der Waals surface area contributed by atoms with Gasteiger partial charge in [-0.1, -0.05) is 45.0 Å². The third kappa shape index (κ3) is 2.12. The summed E-state index contributed by atoms with van der Waals surface area (Å²) >= 11 is 0. The van der Waals surface area contributed by atoms with Crippen molar-refractivity contribution in [1.82, 2.24) is 14.8 Å². The van der Waals surface area contributed by atoms with Crippen LogP contribution in [0.15, 0.2) is 48.9 Å². The highest BCUT2D eigenvalue weighted by Crippen LogP contribution is 2.24. The number of pyridine rings is 1. The molecule has 0 saturated carbocycles. The number of hydrogen-bond acceptors (Lipinski definition) is 2. The van der Waals surface area contributed by atoms with Crippen molar-refractivity contribution in [1.29, 1.82) is 0 Å². The van der Waals surface area contributed by atoms with E-state index in [1.165, 1.54) is 10.9 Å². The zero-order valence-electron chi connectivity index (χ0n) is 11.5. The maximum atomic E-state index is 4.47. The SMILES string of the molecule is CC(C)(C)c1cnn(-c2nccc3ccccc23)c1. The first-order valence-electron chi connectivity index (χ1n) is 6.45. The summed E-state index contributed by atoms with van der Waals surface area (Å²) in [7, 11) is 0. The number of fused-ring (bicyclic) bond motifs is 1. The fourth-order valence-corrected chi connectivity index (χ4v) is 2.11. The summed E-state index contributed by atoms with van der Waals surface area (Å²) in [5.41, 5.74) is 1.31. The van der Waals surface area contributed by atoms with Gasteiger partial charge in [-0.15, -0.1) is 0 Å². The molecule has 3 rings (SSSR count). The summed E-state index contributed by atoms with van der Waals surface area (Å²) in [6.45, 7) is 6.56. The Morgan fingerprint density at radius 2 is 1.84 bits per heavy atom. The first kappa shape index (κ1) is 11.9. The zero-order chi connectivity index (χ0) is 13.5. The summed E-state index contributed by atoms with van der Waals surface area (Å²) in [4.78, 5) is 4.47. The van der Waals surface area contributed by atoms with E-state index in [0.29, 0.717) is 0 Å². The van der Waals surface area contributed by atoms with Crippen LogP contribution < -0.4 is 0 Å². The smallest absolute Gasteiger partial charge is 0.161 e. The normalized spacial score (nSPS) is 11.9. The van der Waals surface area contributed by atoms with Crippen LogP contribution >= 0.6 is 0 Å². The molecule has 0 unspecified atom stereocenters. The summed E-state index contributed by atoms with van der Waals surface area (Å²) in [6, 6.07) is 10.3. The molecule has 3 nitrogen and oxygen atoms in total. The quantitative estimate of drug-likeness (QED) is 0.660. The fourth-order valence-electron chi connectivity index (χ4n) is 2.11. The Hall–Kier alpha value is -2.16. The number of rotatable bonds is 1. The Labute approximate surface area is 112 Å². The second-order valence-electron chi connectivity index (χ2n) is 5.78. The third-order valence-corrected chi connectivity index (χ3v) is 3.32. The van der Waals surface area contributed by atoms with E-state index in [9.17, 15) is 0 Å². The van der Waals surface area contributed by atoms with Gasteiger partial charge in [-0.2, -0.15) is 5.10 Å². The van der Waals surface area contributed by atoms with Gasteiger partial charge in [0.05, 0.1) is 6.20 Å². The van der Waals surface area contributed by atoms with Crippen molar-refractivity contribution >= 4 is 10.8 Å². The van der Waals surface area contributed by atoms with Crippen molar-refractivity contribution in [3.63, 3.8) is 0 Å². The minimum Gasteiger partial charge on any atom is -0.237 e. The Bertz CT molecular complexity index is 715. The Balaban J connectivity index is 2.17. The molecule has 96 valence electrons. The first-order valence-corrected chi connectivity index (χ1v) is 6.45. The summed E-state index contributed by atoms with van der Waals surface area (Å²) in [6.07, 6.45) is 5.81. The standard InChI is InChI=1S/C16H17N3/c1-16(2,3)13-10-18-19(11-13)15-14-7-5-4-6-12(14)8-9-17-15/h4-11H,1-3H3. The zero-order valence-corrected chi connectivity index (χ0v) is 11.5. The van der Waals surface area contributed by atoms with E-state index in [0.717, 1.165) is 11.2 Å². The second kappa shape index (κ2) is 4.19. The molecule has 2 heterocycles. The average Bonchev–Trinajstić information content (AvgIpc) is 2.87. The predicted molar refractivity (Wildman–Crippen MR) is 77.6 cm³/mol. The minimum atomic E-state index is 0.100. The van der Waals surface area contributed by atoms with E-state index < -0.39 is 0 Å². The van der Waals surface area contributed by atoms with Crippen LogP contribution in [0.4, 0.5) is 0 Å². The van der Waals surface area contributed by atoms with Crippen LogP contribution in [0, 0.1) is 0 Å². The minimum absolute atomic E-state index is 0.100. The first-order chi connectivity index (χ1) is 9.05. The molecule has 2 aromatic heterocycles. The molecule has 19 heavy (non-hydrogen) atoms. The van der Waals surface area contributed by atoms with Crippen LogP contribution in [0.5, 0.6) is 0 Å². The van der Waals surface area contributed by atoms with Gasteiger partial charge in [0.2, 0.25) is 0 Å². The van der Waals surface area contributed by atoms with Crippen LogP contribution in [-0.4, -0.2) is 14.8 Å². The molecule has 0 aliphatic carbocycles. The molecule has 3 aromatic rings. The summed E-state index contributed by atoms with van der Waals surface area (Å²) in [5, 5.41) is 6.76. The lowest BCUT2D eigenvalue weighted by Gasteiger charge is -2.15. The molecule has 0 fully saturated rings. The molecule has 0 saturated heterocycles. The molecule has 0 N–H and O–H groups in total. The molecule has 0 amide bonds. The van der Waals surface area contributed by atoms with E-state index in [2.05, 4.69) is 49.2 Å². The van der Waals surface area contributed by atoms with E-state index in [-0.39, 0.29) is 5.41 Å². The topological polar surface area (TPSA) is 30.7 Å². The van der Waals surface area contributed by atoms with E-state index in [1.54, 1.807) is 0 Å². The van der Waals surface area contributed by atoms with Gasteiger partial charge < -0.3 is 0 Å². The van der Waals surface area contributed by atoms with Crippen molar-refractivity contribution in [2.24, 2.45) is 0 Å². The van der Waals surface area contributed by atoms with Crippen LogP contribution in [-0.2, 0) is 5.41 Å². The highest BCUT2D eigenvalue weighted by Gasteiger charge is 2.16. The molecule has 0 spiro atoms. The average molecular weight is 251 g/mol. The molecular formula is C16H17N3. The van der Waals surface area contributed by atoms with Crippen molar-refractivity contribution < 1.29 is 0 Å². The van der Waals surface area contributed by atoms with E-state index in [1.807, 2.05) is 35.3 Å². The Kier molecular flexibility index (Phi) is 2.63. The second-order valence-corrected chi connectivity index (χ2v) is 5.78. The van der Waals surface area contributed by atoms with Gasteiger partial charge in [-0.3, -0.25) is 0 Å². The van der Waals surface area contributed by atoms with Gasteiger partial charge in [-0.25, -0.2) is 9.67 Å². The van der Waals surface area contributed by atoms with Gasteiger partial charge in [0, 0.05) is 17.8 Å². The highest BCUT2D eigenvalue weighted by molar-refractivity contribution is 5.88. The van der Waals surface area contributed by atoms with E-state index >= 15 is 0 Å². The summed E-state index contributed by atoms with van der Waals surface area (Å²) in [5.74, 6) is 0.883. The molecule has 0 aliphatic heterocycles. The molecule has 0 radical (unpaired) electrons. The molecular weight excluding hydrogens is 234 g/mol. The van der Waals surface area contributed by atoms with Gasteiger partial charge in [-0.05, 0) is 22.4 Å². The van der Waals surface area contributed by atoms with Crippen molar-refractivity contribution in [2.75, 3.05) is 0 Å².